The number of hydrogen-bond acceptors (Lipinski definition) is 4. The van der Waals surface area contributed by atoms with Crippen molar-refractivity contribution in [1.29, 1.82) is 0 Å². The number of nitrogens with one attached hydrogen (secondary N) is 1. The van der Waals surface area contributed by atoms with Crippen molar-refractivity contribution < 1.29 is 9.59 Å². The molecule has 1 aliphatic rings. The zero-order valence-electron chi connectivity index (χ0n) is 15.4. The van der Waals surface area contributed by atoms with Crippen molar-refractivity contribution in [3.05, 3.63) is 58.7 Å². The van der Waals surface area contributed by atoms with Crippen LogP contribution in [0, 0.1) is 12.3 Å². The van der Waals surface area contributed by atoms with E-state index >= 15 is 0 Å². The van der Waals surface area contributed by atoms with Crippen LogP contribution in [0.4, 0.5) is 5.82 Å². The Morgan fingerprint density at radius 3 is 2.61 bits per heavy atom. The third-order valence-electron chi connectivity index (χ3n) is 4.56. The molecule has 0 aliphatic carbocycles. The second kappa shape index (κ2) is 9.25. The molecule has 0 unspecified atom stereocenters. The van der Waals surface area contributed by atoms with E-state index in [0.29, 0.717) is 43.2 Å². The Labute approximate surface area is 169 Å². The highest BCUT2D eigenvalue weighted by molar-refractivity contribution is 6.30. The summed E-state index contributed by atoms with van der Waals surface area (Å²) in [5.41, 5.74) is 1.38. The summed E-state index contributed by atoms with van der Waals surface area (Å²) in [5, 5.41) is 3.24. The van der Waals surface area contributed by atoms with Gasteiger partial charge in [-0.3, -0.25) is 9.59 Å². The van der Waals surface area contributed by atoms with Gasteiger partial charge in [0, 0.05) is 37.4 Å². The van der Waals surface area contributed by atoms with Crippen molar-refractivity contribution >= 4 is 29.2 Å². The standard InChI is InChI=1S/C21H21ClN4O2/c1-2-8-23-21(28)17-6-7-19(24-15-17)25-9-11-26(12-10-25)20(27)14-16-4-3-5-18(22)13-16/h1,3-7,13,15H,8-12,14H2,(H,23,28). The van der Waals surface area contributed by atoms with E-state index in [-0.39, 0.29) is 18.4 Å². The molecule has 0 saturated carbocycles. The number of benzene rings is 1. The largest absolute Gasteiger partial charge is 0.353 e. The Morgan fingerprint density at radius 2 is 1.96 bits per heavy atom. The van der Waals surface area contributed by atoms with Crippen LogP contribution in [-0.4, -0.2) is 54.4 Å². The molecule has 144 valence electrons. The SMILES string of the molecule is C#CCNC(=O)c1ccc(N2CCN(C(=O)Cc3cccc(Cl)c3)CC2)nc1. The molecule has 0 atom stereocenters. The molecule has 3 rings (SSSR count). The maximum Gasteiger partial charge on any atom is 0.253 e. The van der Waals surface area contributed by atoms with Crippen molar-refractivity contribution in [2.75, 3.05) is 37.6 Å². The van der Waals surface area contributed by atoms with E-state index in [0.717, 1.165) is 11.4 Å². The van der Waals surface area contributed by atoms with E-state index in [1.165, 1.54) is 6.20 Å². The van der Waals surface area contributed by atoms with Crippen LogP contribution in [0.2, 0.25) is 5.02 Å². The topological polar surface area (TPSA) is 65.5 Å². The number of aromatic nitrogens is 1. The lowest BCUT2D eigenvalue weighted by molar-refractivity contribution is -0.130. The summed E-state index contributed by atoms with van der Waals surface area (Å²) in [7, 11) is 0. The summed E-state index contributed by atoms with van der Waals surface area (Å²) >= 11 is 5.98. The third-order valence-corrected chi connectivity index (χ3v) is 4.80. The number of hydrogen-bond donors (Lipinski definition) is 1. The van der Waals surface area contributed by atoms with Crippen LogP contribution in [0.15, 0.2) is 42.6 Å². The van der Waals surface area contributed by atoms with Gasteiger partial charge in [-0.1, -0.05) is 29.7 Å². The molecule has 1 aromatic heterocycles. The summed E-state index contributed by atoms with van der Waals surface area (Å²) in [6, 6.07) is 10.9. The second-order valence-corrected chi connectivity index (χ2v) is 6.90. The van der Waals surface area contributed by atoms with Gasteiger partial charge < -0.3 is 15.1 Å². The molecule has 0 spiro atoms. The Hall–Kier alpha value is -3.04. The number of carbonyl (C=O) groups excluding carboxylic acids is 2. The summed E-state index contributed by atoms with van der Waals surface area (Å²) in [4.78, 5) is 32.7. The van der Waals surface area contributed by atoms with Crippen LogP contribution in [0.5, 0.6) is 0 Å². The molecule has 2 heterocycles. The molecule has 28 heavy (non-hydrogen) atoms. The normalized spacial score (nSPS) is 13.7. The Balaban J connectivity index is 1.53. The van der Waals surface area contributed by atoms with Gasteiger partial charge in [-0.2, -0.15) is 0 Å². The smallest absolute Gasteiger partial charge is 0.253 e. The molecular weight excluding hydrogens is 376 g/mol. The monoisotopic (exact) mass is 396 g/mol. The Kier molecular flexibility index (Phi) is 6.51. The van der Waals surface area contributed by atoms with Crippen LogP contribution < -0.4 is 10.2 Å². The van der Waals surface area contributed by atoms with Crippen LogP contribution in [0.1, 0.15) is 15.9 Å². The molecule has 1 aliphatic heterocycles. The molecule has 6 nitrogen and oxygen atoms in total. The van der Waals surface area contributed by atoms with Crippen molar-refractivity contribution in [3.8, 4) is 12.3 Å². The van der Waals surface area contributed by atoms with Gasteiger partial charge in [0.15, 0.2) is 0 Å². The minimum atomic E-state index is -0.242. The molecular formula is C21H21ClN4O2. The summed E-state index contributed by atoms with van der Waals surface area (Å²) in [6.07, 6.45) is 7.02. The molecule has 1 saturated heterocycles. The van der Waals surface area contributed by atoms with Gasteiger partial charge in [0.05, 0.1) is 18.5 Å². The minimum absolute atomic E-state index is 0.0930. The predicted molar refractivity (Wildman–Crippen MR) is 109 cm³/mol. The molecule has 0 bridgehead atoms. The fourth-order valence-corrected chi connectivity index (χ4v) is 3.27. The fraction of sp³-hybridized carbons (Fsp3) is 0.286. The quantitative estimate of drug-likeness (QED) is 0.785. The number of halogens is 1. The van der Waals surface area contributed by atoms with Gasteiger partial charge in [0.2, 0.25) is 5.91 Å². The molecule has 0 radical (unpaired) electrons. The average Bonchev–Trinajstić information content (AvgIpc) is 2.72. The molecule has 1 N–H and O–H groups in total. The first kappa shape index (κ1) is 19.7. The average molecular weight is 397 g/mol. The zero-order valence-corrected chi connectivity index (χ0v) is 16.2. The van der Waals surface area contributed by atoms with Gasteiger partial charge >= 0.3 is 0 Å². The number of anilines is 1. The number of amides is 2. The van der Waals surface area contributed by atoms with Gasteiger partial charge in [0.25, 0.3) is 5.91 Å². The van der Waals surface area contributed by atoms with E-state index in [2.05, 4.69) is 21.1 Å². The van der Waals surface area contributed by atoms with Gasteiger partial charge in [-0.15, -0.1) is 6.42 Å². The van der Waals surface area contributed by atoms with Gasteiger partial charge in [-0.05, 0) is 29.8 Å². The molecule has 1 fully saturated rings. The van der Waals surface area contributed by atoms with E-state index in [1.54, 1.807) is 12.1 Å². The second-order valence-electron chi connectivity index (χ2n) is 6.47. The van der Waals surface area contributed by atoms with E-state index in [4.69, 9.17) is 18.0 Å². The number of pyridine rings is 1. The molecule has 2 aromatic rings. The van der Waals surface area contributed by atoms with E-state index < -0.39 is 0 Å². The fourth-order valence-electron chi connectivity index (χ4n) is 3.06. The van der Waals surface area contributed by atoms with Crippen LogP contribution in [0.25, 0.3) is 0 Å². The van der Waals surface area contributed by atoms with Crippen molar-refractivity contribution in [2.24, 2.45) is 0 Å². The van der Waals surface area contributed by atoms with Gasteiger partial charge in [0.1, 0.15) is 5.82 Å². The number of piperazine rings is 1. The lowest BCUT2D eigenvalue weighted by Gasteiger charge is -2.35. The lowest BCUT2D eigenvalue weighted by atomic mass is 10.1. The predicted octanol–water partition coefficient (Wildman–Crippen LogP) is 1.99. The maximum absolute atomic E-state index is 12.5. The highest BCUT2D eigenvalue weighted by Crippen LogP contribution is 2.16. The first-order valence-corrected chi connectivity index (χ1v) is 9.39. The third kappa shape index (κ3) is 5.02. The maximum atomic E-state index is 12.5. The van der Waals surface area contributed by atoms with Gasteiger partial charge in [-0.25, -0.2) is 4.98 Å². The summed E-state index contributed by atoms with van der Waals surface area (Å²) in [5.74, 6) is 3.00. The molecule has 7 heteroatoms. The number of terminal acetylenes is 1. The zero-order chi connectivity index (χ0) is 19.9. The van der Waals surface area contributed by atoms with Crippen molar-refractivity contribution in [3.63, 3.8) is 0 Å². The van der Waals surface area contributed by atoms with E-state index in [9.17, 15) is 9.59 Å². The summed E-state index contributed by atoms with van der Waals surface area (Å²) < 4.78 is 0. The number of rotatable bonds is 5. The highest BCUT2D eigenvalue weighted by Gasteiger charge is 2.22. The first-order chi connectivity index (χ1) is 13.6. The van der Waals surface area contributed by atoms with Crippen LogP contribution in [0.3, 0.4) is 0 Å². The summed E-state index contributed by atoms with van der Waals surface area (Å²) in [6.45, 7) is 2.83. The van der Waals surface area contributed by atoms with Crippen LogP contribution in [-0.2, 0) is 11.2 Å². The van der Waals surface area contributed by atoms with Crippen LogP contribution >= 0.6 is 11.6 Å². The molecule has 2 amide bonds. The minimum Gasteiger partial charge on any atom is -0.353 e. The van der Waals surface area contributed by atoms with Crippen molar-refractivity contribution in [1.82, 2.24) is 15.2 Å². The van der Waals surface area contributed by atoms with E-state index in [1.807, 2.05) is 29.2 Å². The van der Waals surface area contributed by atoms with Crippen molar-refractivity contribution in [2.45, 2.75) is 6.42 Å². The first-order valence-electron chi connectivity index (χ1n) is 9.01. The molecule has 1 aromatic carbocycles. The number of nitrogens with zero attached hydrogens (tertiary/aromatic N) is 3. The number of carbonyl (C=O) groups is 2. The Bertz CT molecular complexity index is 884. The Morgan fingerprint density at radius 1 is 1.18 bits per heavy atom. The lowest BCUT2D eigenvalue weighted by Crippen LogP contribution is -2.49. The highest BCUT2D eigenvalue weighted by atomic mass is 35.5.